The smallest absolute Gasteiger partial charge is 0.129 e. The van der Waals surface area contributed by atoms with Crippen LogP contribution < -0.4 is 5.73 Å². The monoisotopic (exact) mass is 258 g/mol. The number of anilines is 1. The van der Waals surface area contributed by atoms with Crippen molar-refractivity contribution in [3.8, 4) is 0 Å². The van der Waals surface area contributed by atoms with Gasteiger partial charge in [0.15, 0.2) is 0 Å². The first-order valence-electron chi connectivity index (χ1n) is 6.92. The summed E-state index contributed by atoms with van der Waals surface area (Å²) in [4.78, 5) is 4.41. The van der Waals surface area contributed by atoms with Gasteiger partial charge in [-0.25, -0.2) is 4.98 Å². The van der Waals surface area contributed by atoms with Crippen molar-refractivity contribution in [1.29, 1.82) is 0 Å². The second kappa shape index (κ2) is 6.53. The van der Waals surface area contributed by atoms with E-state index in [1.807, 2.05) is 24.3 Å². The van der Waals surface area contributed by atoms with Crippen molar-refractivity contribution in [1.82, 2.24) is 4.98 Å². The van der Waals surface area contributed by atoms with E-state index in [1.54, 1.807) is 0 Å². The SMILES string of the molecule is CCCC(C)COCc1cc2ccccc2nc1N. The first-order valence-corrected chi connectivity index (χ1v) is 6.92. The fourth-order valence-corrected chi connectivity index (χ4v) is 2.24. The van der Waals surface area contributed by atoms with Gasteiger partial charge in [-0.05, 0) is 24.5 Å². The Bertz CT molecular complexity index is 539. The molecule has 0 aliphatic heterocycles. The van der Waals surface area contributed by atoms with Crippen LogP contribution in [0.1, 0.15) is 32.3 Å². The standard InChI is InChI=1S/C16H22N2O/c1-3-6-12(2)10-19-11-14-9-13-7-4-5-8-15(13)18-16(14)17/h4-5,7-9,12H,3,6,10-11H2,1-2H3,(H2,17,18). The molecule has 0 saturated carbocycles. The summed E-state index contributed by atoms with van der Waals surface area (Å²) in [6.45, 7) is 5.73. The lowest BCUT2D eigenvalue weighted by Gasteiger charge is -2.12. The summed E-state index contributed by atoms with van der Waals surface area (Å²) in [6.07, 6.45) is 2.40. The summed E-state index contributed by atoms with van der Waals surface area (Å²) in [6, 6.07) is 10.1. The Balaban J connectivity index is 2.02. The van der Waals surface area contributed by atoms with Crippen LogP contribution in [0.4, 0.5) is 5.82 Å². The van der Waals surface area contributed by atoms with Gasteiger partial charge in [0.1, 0.15) is 5.82 Å². The third-order valence-electron chi connectivity index (χ3n) is 3.28. The maximum atomic E-state index is 5.97. The zero-order valence-corrected chi connectivity index (χ0v) is 11.7. The number of benzene rings is 1. The minimum absolute atomic E-state index is 0.539. The van der Waals surface area contributed by atoms with Crippen LogP contribution in [0.2, 0.25) is 0 Å². The van der Waals surface area contributed by atoms with Crippen molar-refractivity contribution < 1.29 is 4.74 Å². The van der Waals surface area contributed by atoms with Gasteiger partial charge < -0.3 is 10.5 Å². The van der Waals surface area contributed by atoms with Crippen molar-refractivity contribution in [3.05, 3.63) is 35.9 Å². The fourth-order valence-electron chi connectivity index (χ4n) is 2.24. The Hall–Kier alpha value is -1.61. The average Bonchev–Trinajstić information content (AvgIpc) is 2.39. The number of rotatable bonds is 6. The third-order valence-corrected chi connectivity index (χ3v) is 3.28. The molecule has 2 aromatic rings. The van der Waals surface area contributed by atoms with Gasteiger partial charge >= 0.3 is 0 Å². The highest BCUT2D eigenvalue weighted by Crippen LogP contribution is 2.19. The van der Waals surface area contributed by atoms with Crippen molar-refractivity contribution in [2.45, 2.75) is 33.3 Å². The Morgan fingerprint density at radius 2 is 2.11 bits per heavy atom. The first-order chi connectivity index (χ1) is 9.20. The van der Waals surface area contributed by atoms with E-state index in [0.29, 0.717) is 18.3 Å². The quantitative estimate of drug-likeness (QED) is 0.858. The number of nitrogens with two attached hydrogens (primary N) is 1. The summed E-state index contributed by atoms with van der Waals surface area (Å²) in [5.74, 6) is 1.17. The molecule has 1 aromatic heterocycles. The molecule has 1 aromatic carbocycles. The summed E-state index contributed by atoms with van der Waals surface area (Å²) in [7, 11) is 0. The third kappa shape index (κ3) is 3.67. The van der Waals surface area contributed by atoms with E-state index in [1.165, 1.54) is 12.8 Å². The molecule has 0 amide bonds. The van der Waals surface area contributed by atoms with Crippen molar-refractivity contribution in [3.63, 3.8) is 0 Å². The van der Waals surface area contributed by atoms with Crippen molar-refractivity contribution in [2.24, 2.45) is 5.92 Å². The molecule has 19 heavy (non-hydrogen) atoms. The van der Waals surface area contributed by atoms with Gasteiger partial charge in [-0.15, -0.1) is 0 Å². The highest BCUT2D eigenvalue weighted by Gasteiger charge is 2.06. The number of fused-ring (bicyclic) bond motifs is 1. The van der Waals surface area contributed by atoms with Crippen LogP contribution in [0.3, 0.4) is 0 Å². The predicted molar refractivity (Wildman–Crippen MR) is 79.9 cm³/mol. The summed E-state index contributed by atoms with van der Waals surface area (Å²) < 4.78 is 5.74. The van der Waals surface area contributed by atoms with Crippen LogP contribution in [0.15, 0.2) is 30.3 Å². The molecule has 0 spiro atoms. The van der Waals surface area contributed by atoms with Crippen LogP contribution in [0, 0.1) is 5.92 Å². The molecule has 3 heteroatoms. The van der Waals surface area contributed by atoms with E-state index >= 15 is 0 Å². The molecular weight excluding hydrogens is 236 g/mol. The number of nitrogen functional groups attached to an aromatic ring is 1. The lowest BCUT2D eigenvalue weighted by Crippen LogP contribution is -2.07. The van der Waals surface area contributed by atoms with E-state index < -0.39 is 0 Å². The van der Waals surface area contributed by atoms with Crippen LogP contribution in [0.5, 0.6) is 0 Å². The second-order valence-electron chi connectivity index (χ2n) is 5.13. The minimum atomic E-state index is 0.539. The van der Waals surface area contributed by atoms with E-state index in [2.05, 4.69) is 24.9 Å². The Labute approximate surface area is 114 Å². The van der Waals surface area contributed by atoms with Gasteiger partial charge in [0.2, 0.25) is 0 Å². The normalized spacial score (nSPS) is 12.7. The molecule has 102 valence electrons. The molecule has 2 N–H and O–H groups in total. The molecular formula is C16H22N2O. The Morgan fingerprint density at radius 3 is 2.89 bits per heavy atom. The van der Waals surface area contributed by atoms with E-state index in [-0.39, 0.29) is 0 Å². The molecule has 0 aliphatic rings. The Kier molecular flexibility index (Phi) is 4.74. The van der Waals surface area contributed by atoms with E-state index in [9.17, 15) is 0 Å². The average molecular weight is 258 g/mol. The maximum Gasteiger partial charge on any atom is 0.129 e. The molecule has 1 unspecified atom stereocenters. The molecule has 1 heterocycles. The van der Waals surface area contributed by atoms with Gasteiger partial charge in [-0.3, -0.25) is 0 Å². The van der Waals surface area contributed by atoms with Crippen LogP contribution in [0.25, 0.3) is 10.9 Å². The lowest BCUT2D eigenvalue weighted by atomic mass is 10.1. The molecule has 3 nitrogen and oxygen atoms in total. The largest absolute Gasteiger partial charge is 0.383 e. The van der Waals surface area contributed by atoms with Crippen LogP contribution >= 0.6 is 0 Å². The maximum absolute atomic E-state index is 5.97. The highest BCUT2D eigenvalue weighted by atomic mass is 16.5. The number of pyridine rings is 1. The molecule has 0 bridgehead atoms. The van der Waals surface area contributed by atoms with E-state index in [0.717, 1.165) is 23.1 Å². The van der Waals surface area contributed by atoms with Crippen molar-refractivity contribution in [2.75, 3.05) is 12.3 Å². The summed E-state index contributed by atoms with van der Waals surface area (Å²) in [5, 5.41) is 1.11. The first kappa shape index (κ1) is 13.8. The number of aromatic nitrogens is 1. The summed E-state index contributed by atoms with van der Waals surface area (Å²) >= 11 is 0. The predicted octanol–water partition coefficient (Wildman–Crippen LogP) is 3.77. The topological polar surface area (TPSA) is 48.1 Å². The fraction of sp³-hybridized carbons (Fsp3) is 0.438. The van der Waals surface area contributed by atoms with E-state index in [4.69, 9.17) is 10.5 Å². The molecule has 0 radical (unpaired) electrons. The van der Waals surface area contributed by atoms with Gasteiger partial charge in [0, 0.05) is 17.6 Å². The molecule has 0 fully saturated rings. The van der Waals surface area contributed by atoms with Crippen LogP contribution in [-0.2, 0) is 11.3 Å². The summed E-state index contributed by atoms with van der Waals surface area (Å²) in [5.41, 5.74) is 7.88. The zero-order valence-electron chi connectivity index (χ0n) is 11.7. The molecule has 0 saturated heterocycles. The Morgan fingerprint density at radius 1 is 1.32 bits per heavy atom. The second-order valence-corrected chi connectivity index (χ2v) is 5.13. The molecule has 1 atom stereocenters. The lowest BCUT2D eigenvalue weighted by molar-refractivity contribution is 0.0896. The minimum Gasteiger partial charge on any atom is -0.383 e. The number of nitrogens with zero attached hydrogens (tertiary/aromatic N) is 1. The zero-order chi connectivity index (χ0) is 13.7. The van der Waals surface area contributed by atoms with Gasteiger partial charge in [-0.2, -0.15) is 0 Å². The number of hydrogen-bond acceptors (Lipinski definition) is 3. The van der Waals surface area contributed by atoms with Crippen molar-refractivity contribution >= 4 is 16.7 Å². The highest BCUT2D eigenvalue weighted by molar-refractivity contribution is 5.81. The number of ether oxygens (including phenoxy) is 1. The van der Waals surface area contributed by atoms with Gasteiger partial charge in [0.25, 0.3) is 0 Å². The van der Waals surface area contributed by atoms with Gasteiger partial charge in [-0.1, -0.05) is 38.5 Å². The van der Waals surface area contributed by atoms with Gasteiger partial charge in [0.05, 0.1) is 12.1 Å². The molecule has 0 aliphatic carbocycles. The number of hydrogen-bond donors (Lipinski definition) is 1. The number of para-hydroxylation sites is 1. The molecule has 2 rings (SSSR count). The van der Waals surface area contributed by atoms with Crippen LogP contribution in [-0.4, -0.2) is 11.6 Å².